The summed E-state index contributed by atoms with van der Waals surface area (Å²) in [5, 5.41) is 10.3. The Hall–Kier alpha value is -0.570. The molecule has 0 aliphatic heterocycles. The van der Waals surface area contributed by atoms with Crippen LogP contribution in [0.25, 0.3) is 0 Å². The van der Waals surface area contributed by atoms with Gasteiger partial charge in [-0.25, -0.2) is 0 Å². The van der Waals surface area contributed by atoms with E-state index < -0.39 is 0 Å². The van der Waals surface area contributed by atoms with E-state index in [1.54, 1.807) is 0 Å². The van der Waals surface area contributed by atoms with E-state index in [-0.39, 0.29) is 18.2 Å². The molecule has 5 aliphatic rings. The molecule has 0 aromatic carbocycles. The van der Waals surface area contributed by atoms with Gasteiger partial charge in [-0.2, -0.15) is 0 Å². The van der Waals surface area contributed by atoms with Crippen LogP contribution in [0, 0.1) is 46.3 Å². The van der Waals surface area contributed by atoms with E-state index in [0.717, 1.165) is 61.7 Å². The first-order valence-electron chi connectivity index (χ1n) is 14.2. The van der Waals surface area contributed by atoms with Crippen LogP contribution in [0.3, 0.4) is 0 Å². The van der Waals surface area contributed by atoms with Crippen LogP contribution in [0.4, 0.5) is 0 Å². The van der Waals surface area contributed by atoms with Crippen molar-refractivity contribution >= 4 is 5.97 Å². The van der Waals surface area contributed by atoms with Gasteiger partial charge in [0.25, 0.3) is 0 Å². The zero-order chi connectivity index (χ0) is 22.5. The Labute approximate surface area is 196 Å². The summed E-state index contributed by atoms with van der Waals surface area (Å²) in [5.74, 6) is 4.85. The van der Waals surface area contributed by atoms with Crippen LogP contribution < -0.4 is 0 Å². The van der Waals surface area contributed by atoms with Crippen molar-refractivity contribution in [2.75, 3.05) is 0 Å². The van der Waals surface area contributed by atoms with Gasteiger partial charge in [-0.1, -0.05) is 20.8 Å². The standard InChI is InChI=1S/C29H48O3/c1-19(8-13-27(31)32-22-6-4-5-7-22)24-11-12-25-23-10-9-20-18-21(30)14-16-28(20,2)26(23)15-17-29(24,25)3/h19-26,30H,4-18H2,1-3H3/t19-,20-,21-,23+,24-,25+,26+,28+,29-/m1/s1. The van der Waals surface area contributed by atoms with Gasteiger partial charge in [0.2, 0.25) is 0 Å². The molecule has 3 nitrogen and oxygen atoms in total. The third-order valence-corrected chi connectivity index (χ3v) is 11.8. The Morgan fingerprint density at radius 3 is 2.44 bits per heavy atom. The Balaban J connectivity index is 1.21. The van der Waals surface area contributed by atoms with Crippen molar-refractivity contribution in [1.82, 2.24) is 0 Å². The SMILES string of the molecule is C[C@H](CCC(=O)OC1CCCC1)[C@H]1CC[C@H]2[C@@H]3CC[C@@H]4C[C@H](O)CC[C@]4(C)[C@H]3CC[C@]12C. The zero-order valence-electron chi connectivity index (χ0n) is 21.0. The summed E-state index contributed by atoms with van der Waals surface area (Å²) in [6, 6.07) is 0. The monoisotopic (exact) mass is 444 g/mol. The Kier molecular flexibility index (Phi) is 6.45. The van der Waals surface area contributed by atoms with Gasteiger partial charge in [0, 0.05) is 6.42 Å². The van der Waals surface area contributed by atoms with Crippen molar-refractivity contribution in [2.24, 2.45) is 46.3 Å². The van der Waals surface area contributed by atoms with E-state index in [4.69, 9.17) is 4.74 Å². The quantitative estimate of drug-likeness (QED) is 0.469. The summed E-state index contributed by atoms with van der Waals surface area (Å²) in [4.78, 5) is 12.4. The number of carbonyl (C=O) groups is 1. The lowest BCUT2D eigenvalue weighted by Gasteiger charge is -2.61. The van der Waals surface area contributed by atoms with Crippen LogP contribution in [0.1, 0.15) is 117 Å². The number of aliphatic hydroxyl groups excluding tert-OH is 1. The van der Waals surface area contributed by atoms with Gasteiger partial charge < -0.3 is 9.84 Å². The van der Waals surface area contributed by atoms with Crippen LogP contribution in [0.15, 0.2) is 0 Å². The number of ether oxygens (including phenoxy) is 1. The van der Waals surface area contributed by atoms with Gasteiger partial charge in [-0.15, -0.1) is 0 Å². The Morgan fingerprint density at radius 1 is 0.938 bits per heavy atom. The largest absolute Gasteiger partial charge is 0.462 e. The van der Waals surface area contributed by atoms with E-state index >= 15 is 0 Å². The maximum absolute atomic E-state index is 12.4. The van der Waals surface area contributed by atoms with Crippen LogP contribution in [0.5, 0.6) is 0 Å². The number of aliphatic hydroxyl groups is 1. The van der Waals surface area contributed by atoms with Gasteiger partial charge in [0.1, 0.15) is 6.10 Å². The van der Waals surface area contributed by atoms with Crippen LogP contribution in [-0.2, 0) is 9.53 Å². The molecule has 5 aliphatic carbocycles. The van der Waals surface area contributed by atoms with Crippen molar-refractivity contribution in [2.45, 2.75) is 129 Å². The molecule has 1 N–H and O–H groups in total. The summed E-state index contributed by atoms with van der Waals surface area (Å²) in [5.41, 5.74) is 0.935. The lowest BCUT2D eigenvalue weighted by molar-refractivity contribution is -0.149. The highest BCUT2D eigenvalue weighted by Gasteiger charge is 2.60. The third-order valence-electron chi connectivity index (χ3n) is 11.8. The van der Waals surface area contributed by atoms with Crippen LogP contribution >= 0.6 is 0 Å². The molecule has 9 atom stereocenters. The van der Waals surface area contributed by atoms with Crippen molar-refractivity contribution in [1.29, 1.82) is 0 Å². The second-order valence-electron chi connectivity index (χ2n) is 13.2. The molecular formula is C29H48O3. The minimum atomic E-state index is -0.0458. The second-order valence-corrected chi connectivity index (χ2v) is 13.2. The van der Waals surface area contributed by atoms with E-state index in [0.29, 0.717) is 23.2 Å². The van der Waals surface area contributed by atoms with Crippen LogP contribution in [0.2, 0.25) is 0 Å². The lowest BCUT2D eigenvalue weighted by Crippen LogP contribution is -2.54. The molecule has 182 valence electrons. The van der Waals surface area contributed by atoms with E-state index in [1.165, 1.54) is 57.8 Å². The van der Waals surface area contributed by atoms with Gasteiger partial charge in [-0.05, 0) is 136 Å². The molecular weight excluding hydrogens is 396 g/mol. The van der Waals surface area contributed by atoms with Gasteiger partial charge >= 0.3 is 5.97 Å². The first kappa shape index (κ1) is 23.2. The minimum Gasteiger partial charge on any atom is -0.462 e. The molecule has 0 amide bonds. The number of hydrogen-bond acceptors (Lipinski definition) is 3. The van der Waals surface area contributed by atoms with Crippen molar-refractivity contribution in [3.05, 3.63) is 0 Å². The van der Waals surface area contributed by atoms with E-state index in [9.17, 15) is 9.90 Å². The maximum atomic E-state index is 12.4. The number of carbonyl (C=O) groups excluding carboxylic acids is 1. The molecule has 0 bridgehead atoms. The van der Waals surface area contributed by atoms with E-state index in [1.807, 2.05) is 0 Å². The predicted octanol–water partition coefficient (Wildman–Crippen LogP) is 6.91. The molecule has 5 saturated carbocycles. The first-order chi connectivity index (χ1) is 15.3. The number of hydrogen-bond donors (Lipinski definition) is 1. The molecule has 0 aromatic rings. The van der Waals surface area contributed by atoms with Gasteiger partial charge in [-0.3, -0.25) is 4.79 Å². The summed E-state index contributed by atoms with van der Waals surface area (Å²) in [6.07, 6.45) is 18.0. The van der Waals surface area contributed by atoms with Gasteiger partial charge in [0.15, 0.2) is 0 Å². The fraction of sp³-hybridized carbons (Fsp3) is 0.966. The summed E-state index contributed by atoms with van der Waals surface area (Å²) >= 11 is 0. The fourth-order valence-electron chi connectivity index (χ4n) is 10.0. The second kappa shape index (κ2) is 8.90. The number of rotatable bonds is 5. The Morgan fingerprint density at radius 2 is 1.66 bits per heavy atom. The molecule has 0 heterocycles. The maximum Gasteiger partial charge on any atom is 0.306 e. The molecule has 32 heavy (non-hydrogen) atoms. The molecule has 0 aromatic heterocycles. The molecule has 0 saturated heterocycles. The average Bonchev–Trinajstić information content (AvgIpc) is 3.39. The summed E-state index contributed by atoms with van der Waals surface area (Å²) in [7, 11) is 0. The molecule has 5 fully saturated rings. The topological polar surface area (TPSA) is 46.5 Å². The third kappa shape index (κ3) is 3.97. The molecule has 0 unspecified atom stereocenters. The molecule has 0 radical (unpaired) electrons. The fourth-order valence-corrected chi connectivity index (χ4v) is 10.0. The highest BCUT2D eigenvalue weighted by molar-refractivity contribution is 5.69. The van der Waals surface area contributed by atoms with Crippen LogP contribution in [-0.4, -0.2) is 23.3 Å². The highest BCUT2D eigenvalue weighted by atomic mass is 16.5. The Bertz CT molecular complexity index is 684. The van der Waals surface area contributed by atoms with E-state index in [2.05, 4.69) is 20.8 Å². The number of fused-ring (bicyclic) bond motifs is 5. The zero-order valence-corrected chi connectivity index (χ0v) is 21.0. The lowest BCUT2D eigenvalue weighted by atomic mass is 9.44. The number of esters is 1. The van der Waals surface area contributed by atoms with Gasteiger partial charge in [0.05, 0.1) is 6.10 Å². The van der Waals surface area contributed by atoms with Crippen molar-refractivity contribution in [3.63, 3.8) is 0 Å². The normalized spacial score (nSPS) is 47.4. The smallest absolute Gasteiger partial charge is 0.306 e. The summed E-state index contributed by atoms with van der Waals surface area (Å²) in [6.45, 7) is 7.64. The minimum absolute atomic E-state index is 0.0458. The molecule has 0 spiro atoms. The highest BCUT2D eigenvalue weighted by Crippen LogP contribution is 2.68. The molecule has 5 rings (SSSR count). The van der Waals surface area contributed by atoms with Crippen molar-refractivity contribution < 1.29 is 14.6 Å². The molecule has 3 heteroatoms. The average molecular weight is 445 g/mol. The van der Waals surface area contributed by atoms with Crippen molar-refractivity contribution in [3.8, 4) is 0 Å². The summed E-state index contributed by atoms with van der Waals surface area (Å²) < 4.78 is 5.74. The first-order valence-corrected chi connectivity index (χ1v) is 14.2. The predicted molar refractivity (Wildman–Crippen MR) is 128 cm³/mol.